The smallest absolute Gasteiger partial charge is 0.258 e. The largest absolute Gasteiger partial charge is 0.484 e. The molecule has 0 aromatic heterocycles. The van der Waals surface area contributed by atoms with Gasteiger partial charge in [-0.15, -0.1) is 0 Å². The molecule has 20 heavy (non-hydrogen) atoms. The SMILES string of the molecule is CC1CCC(NC(=O)COc2ccc(Cl)c(Cl)c2)CC1. The molecule has 1 aromatic carbocycles. The van der Waals surface area contributed by atoms with Crippen LogP contribution in [0.15, 0.2) is 18.2 Å². The van der Waals surface area contributed by atoms with Gasteiger partial charge >= 0.3 is 0 Å². The number of hydrogen-bond acceptors (Lipinski definition) is 2. The Morgan fingerprint density at radius 3 is 2.60 bits per heavy atom. The first-order chi connectivity index (χ1) is 9.54. The molecule has 1 fully saturated rings. The molecule has 1 aliphatic carbocycles. The van der Waals surface area contributed by atoms with E-state index in [1.165, 1.54) is 12.8 Å². The molecule has 0 aliphatic heterocycles. The van der Waals surface area contributed by atoms with Crippen LogP contribution in [0.4, 0.5) is 0 Å². The van der Waals surface area contributed by atoms with Crippen LogP contribution in [0.3, 0.4) is 0 Å². The Bertz CT molecular complexity index is 471. The van der Waals surface area contributed by atoms with E-state index < -0.39 is 0 Å². The number of benzene rings is 1. The molecule has 0 unspecified atom stereocenters. The minimum atomic E-state index is -0.0874. The van der Waals surface area contributed by atoms with Crippen LogP contribution in [0.25, 0.3) is 0 Å². The highest BCUT2D eigenvalue weighted by Gasteiger charge is 2.19. The normalized spacial score (nSPS) is 22.4. The molecular weight excluding hydrogens is 297 g/mol. The average molecular weight is 316 g/mol. The maximum atomic E-state index is 11.8. The van der Waals surface area contributed by atoms with Crippen molar-refractivity contribution in [1.29, 1.82) is 0 Å². The van der Waals surface area contributed by atoms with Crippen molar-refractivity contribution in [2.75, 3.05) is 6.61 Å². The fourth-order valence-electron chi connectivity index (χ4n) is 2.39. The van der Waals surface area contributed by atoms with Gasteiger partial charge in [0.15, 0.2) is 6.61 Å². The number of halogens is 2. The first-order valence-corrected chi connectivity index (χ1v) is 7.67. The summed E-state index contributed by atoms with van der Waals surface area (Å²) in [5.41, 5.74) is 0. The average Bonchev–Trinajstić information content (AvgIpc) is 2.43. The van der Waals surface area contributed by atoms with Crippen LogP contribution >= 0.6 is 23.2 Å². The predicted molar refractivity (Wildman–Crippen MR) is 81.5 cm³/mol. The second-order valence-electron chi connectivity index (χ2n) is 5.39. The highest BCUT2D eigenvalue weighted by atomic mass is 35.5. The quantitative estimate of drug-likeness (QED) is 0.909. The van der Waals surface area contributed by atoms with Gasteiger partial charge in [-0.1, -0.05) is 30.1 Å². The van der Waals surface area contributed by atoms with Crippen LogP contribution in [0, 0.1) is 5.92 Å². The summed E-state index contributed by atoms with van der Waals surface area (Å²) >= 11 is 11.7. The summed E-state index contributed by atoms with van der Waals surface area (Å²) in [6.45, 7) is 2.26. The number of rotatable bonds is 4. The van der Waals surface area contributed by atoms with Crippen molar-refractivity contribution >= 4 is 29.1 Å². The predicted octanol–water partition coefficient (Wildman–Crippen LogP) is 4.07. The Hall–Kier alpha value is -0.930. The van der Waals surface area contributed by atoms with Gasteiger partial charge in [-0.25, -0.2) is 0 Å². The van der Waals surface area contributed by atoms with Crippen LogP contribution in [0.1, 0.15) is 32.6 Å². The first-order valence-electron chi connectivity index (χ1n) is 6.92. The Morgan fingerprint density at radius 2 is 1.95 bits per heavy atom. The van der Waals surface area contributed by atoms with Crippen molar-refractivity contribution in [3.63, 3.8) is 0 Å². The van der Waals surface area contributed by atoms with Crippen LogP contribution < -0.4 is 10.1 Å². The summed E-state index contributed by atoms with van der Waals surface area (Å²) in [4.78, 5) is 11.8. The van der Waals surface area contributed by atoms with Crippen molar-refractivity contribution in [2.45, 2.75) is 38.6 Å². The lowest BCUT2D eigenvalue weighted by atomic mass is 9.87. The van der Waals surface area contributed by atoms with E-state index in [1.807, 2.05) is 0 Å². The summed E-state index contributed by atoms with van der Waals surface area (Å²) in [5, 5.41) is 3.91. The molecule has 0 heterocycles. The molecular formula is C15H19Cl2NO2. The Morgan fingerprint density at radius 1 is 1.25 bits per heavy atom. The number of carbonyl (C=O) groups is 1. The van der Waals surface area contributed by atoms with Crippen LogP contribution in [0.2, 0.25) is 10.0 Å². The second kappa shape index (κ2) is 7.19. The van der Waals surface area contributed by atoms with Gasteiger partial charge in [0.05, 0.1) is 10.0 Å². The van der Waals surface area contributed by atoms with Gasteiger partial charge in [-0.3, -0.25) is 4.79 Å². The molecule has 0 radical (unpaired) electrons. The zero-order chi connectivity index (χ0) is 14.5. The Balaban J connectivity index is 1.76. The molecule has 0 bridgehead atoms. The zero-order valence-corrected chi connectivity index (χ0v) is 13.0. The lowest BCUT2D eigenvalue weighted by molar-refractivity contribution is -0.124. The molecule has 1 aromatic rings. The van der Waals surface area contributed by atoms with E-state index in [9.17, 15) is 4.79 Å². The van der Waals surface area contributed by atoms with Gasteiger partial charge in [-0.2, -0.15) is 0 Å². The summed E-state index contributed by atoms with van der Waals surface area (Å²) < 4.78 is 5.41. The summed E-state index contributed by atoms with van der Waals surface area (Å²) in [6, 6.07) is 5.25. The third kappa shape index (κ3) is 4.57. The molecule has 1 amide bonds. The molecule has 0 saturated heterocycles. The van der Waals surface area contributed by atoms with E-state index in [1.54, 1.807) is 18.2 Å². The molecule has 3 nitrogen and oxygen atoms in total. The summed E-state index contributed by atoms with van der Waals surface area (Å²) in [5.74, 6) is 1.23. The van der Waals surface area contributed by atoms with Gasteiger partial charge in [0.25, 0.3) is 5.91 Å². The van der Waals surface area contributed by atoms with Gasteiger partial charge in [0.2, 0.25) is 0 Å². The minimum absolute atomic E-state index is 0.00398. The third-order valence-corrected chi connectivity index (χ3v) is 4.38. The molecule has 1 aliphatic rings. The maximum absolute atomic E-state index is 11.8. The lowest BCUT2D eigenvalue weighted by Gasteiger charge is -2.26. The third-order valence-electron chi connectivity index (χ3n) is 3.64. The molecule has 2 rings (SSSR count). The highest BCUT2D eigenvalue weighted by molar-refractivity contribution is 6.42. The van der Waals surface area contributed by atoms with E-state index in [0.717, 1.165) is 18.8 Å². The summed E-state index contributed by atoms with van der Waals surface area (Å²) in [7, 11) is 0. The number of amides is 1. The van der Waals surface area contributed by atoms with Crippen molar-refractivity contribution in [3.8, 4) is 5.75 Å². The summed E-state index contributed by atoms with van der Waals surface area (Å²) in [6.07, 6.45) is 4.47. The molecule has 110 valence electrons. The lowest BCUT2D eigenvalue weighted by Crippen LogP contribution is -2.39. The fourth-order valence-corrected chi connectivity index (χ4v) is 2.68. The number of hydrogen-bond donors (Lipinski definition) is 1. The number of nitrogens with one attached hydrogen (secondary N) is 1. The molecule has 0 atom stereocenters. The molecule has 5 heteroatoms. The highest BCUT2D eigenvalue weighted by Crippen LogP contribution is 2.26. The first kappa shape index (κ1) is 15.5. The molecule has 0 spiro atoms. The van der Waals surface area contributed by atoms with Crippen molar-refractivity contribution in [3.05, 3.63) is 28.2 Å². The minimum Gasteiger partial charge on any atom is -0.484 e. The van der Waals surface area contributed by atoms with E-state index >= 15 is 0 Å². The maximum Gasteiger partial charge on any atom is 0.258 e. The zero-order valence-electron chi connectivity index (χ0n) is 11.5. The van der Waals surface area contributed by atoms with E-state index in [4.69, 9.17) is 27.9 Å². The Kier molecular flexibility index (Phi) is 5.55. The standard InChI is InChI=1S/C15H19Cl2NO2/c1-10-2-4-11(5-3-10)18-15(19)9-20-12-6-7-13(16)14(17)8-12/h6-8,10-11H,2-5,9H2,1H3,(H,18,19). The van der Waals surface area contributed by atoms with Gasteiger partial charge in [0.1, 0.15) is 5.75 Å². The van der Waals surface area contributed by atoms with Crippen molar-refractivity contribution in [1.82, 2.24) is 5.32 Å². The van der Waals surface area contributed by atoms with Crippen LogP contribution in [-0.2, 0) is 4.79 Å². The van der Waals surface area contributed by atoms with Crippen molar-refractivity contribution in [2.24, 2.45) is 5.92 Å². The number of ether oxygens (including phenoxy) is 1. The van der Waals surface area contributed by atoms with Crippen LogP contribution in [0.5, 0.6) is 5.75 Å². The van der Waals surface area contributed by atoms with E-state index in [2.05, 4.69) is 12.2 Å². The Labute approximate surface area is 129 Å². The number of carbonyl (C=O) groups excluding carboxylic acids is 1. The van der Waals surface area contributed by atoms with Crippen LogP contribution in [-0.4, -0.2) is 18.6 Å². The van der Waals surface area contributed by atoms with Crippen molar-refractivity contribution < 1.29 is 9.53 Å². The monoisotopic (exact) mass is 315 g/mol. The van der Waals surface area contributed by atoms with E-state index in [0.29, 0.717) is 15.8 Å². The molecule has 1 N–H and O–H groups in total. The fraction of sp³-hybridized carbons (Fsp3) is 0.533. The van der Waals surface area contributed by atoms with E-state index in [-0.39, 0.29) is 18.6 Å². The topological polar surface area (TPSA) is 38.3 Å². The van der Waals surface area contributed by atoms with Gasteiger partial charge in [-0.05, 0) is 43.7 Å². The van der Waals surface area contributed by atoms with Gasteiger partial charge < -0.3 is 10.1 Å². The van der Waals surface area contributed by atoms with Gasteiger partial charge in [0, 0.05) is 12.1 Å². The molecule has 1 saturated carbocycles. The second-order valence-corrected chi connectivity index (χ2v) is 6.20.